The molecule has 5 aliphatic rings. The number of anilines is 2. The van der Waals surface area contributed by atoms with Gasteiger partial charge in [0.05, 0.1) is 24.9 Å². The van der Waals surface area contributed by atoms with E-state index in [4.69, 9.17) is 9.47 Å². The summed E-state index contributed by atoms with van der Waals surface area (Å²) in [6, 6.07) is 6.67. The Labute approximate surface area is 218 Å². The second kappa shape index (κ2) is 8.90. The summed E-state index contributed by atoms with van der Waals surface area (Å²) in [7, 11) is 0. The highest BCUT2D eigenvalue weighted by atomic mass is 16.5. The van der Waals surface area contributed by atoms with Crippen molar-refractivity contribution in [1.82, 2.24) is 9.88 Å². The average Bonchev–Trinajstić information content (AvgIpc) is 3.84. The summed E-state index contributed by atoms with van der Waals surface area (Å²) in [4.78, 5) is 22.5. The van der Waals surface area contributed by atoms with Crippen LogP contribution in [0.4, 0.5) is 11.5 Å². The number of hydrogen-bond donors (Lipinski definition) is 2. The van der Waals surface area contributed by atoms with E-state index in [2.05, 4.69) is 39.2 Å². The van der Waals surface area contributed by atoms with Gasteiger partial charge in [-0.05, 0) is 79.5 Å². The molecule has 3 atom stereocenters. The number of aromatic nitrogens is 1. The predicted molar refractivity (Wildman–Crippen MR) is 142 cm³/mol. The van der Waals surface area contributed by atoms with E-state index in [9.17, 15) is 9.90 Å². The van der Waals surface area contributed by atoms with E-state index in [1.807, 2.05) is 12.3 Å². The number of carbonyl (C=O) groups is 1. The van der Waals surface area contributed by atoms with Crippen LogP contribution in [0.5, 0.6) is 0 Å². The van der Waals surface area contributed by atoms with E-state index in [1.165, 1.54) is 24.1 Å². The minimum atomic E-state index is -0.431. The molecule has 198 valence electrons. The molecule has 7 rings (SSSR count). The van der Waals surface area contributed by atoms with Gasteiger partial charge in [0.25, 0.3) is 0 Å². The first-order valence-electron chi connectivity index (χ1n) is 14.0. The first kappa shape index (κ1) is 23.8. The second-order valence-corrected chi connectivity index (χ2v) is 12.2. The molecule has 2 aromatic rings. The Hall–Kier alpha value is -2.26. The molecule has 2 aliphatic carbocycles. The highest BCUT2D eigenvalue weighted by Crippen LogP contribution is 2.59. The van der Waals surface area contributed by atoms with Gasteiger partial charge in [0.2, 0.25) is 5.91 Å². The van der Waals surface area contributed by atoms with Crippen molar-refractivity contribution >= 4 is 28.2 Å². The van der Waals surface area contributed by atoms with E-state index < -0.39 is 6.10 Å². The molecule has 4 heterocycles. The third kappa shape index (κ3) is 4.22. The number of aliphatic hydroxyl groups excluding tert-OH is 1. The SMILES string of the molecule is C[C@]1(N2CCN(c3cc4cc(NC(=O)[C@H]5CC56CCOCC6)ncc4cc3C3CC3)CC2)COC[C@H]1O. The predicted octanol–water partition coefficient (Wildman–Crippen LogP) is 3.14. The molecule has 0 radical (unpaired) electrons. The Bertz CT molecular complexity index is 1200. The van der Waals surface area contributed by atoms with Gasteiger partial charge in [0.1, 0.15) is 5.82 Å². The quantitative estimate of drug-likeness (QED) is 0.644. The van der Waals surface area contributed by atoms with Crippen molar-refractivity contribution in [2.45, 2.75) is 56.6 Å². The van der Waals surface area contributed by atoms with E-state index in [0.29, 0.717) is 24.9 Å². The minimum absolute atomic E-state index is 0.0867. The van der Waals surface area contributed by atoms with Gasteiger partial charge in [0.15, 0.2) is 0 Å². The van der Waals surface area contributed by atoms with Crippen LogP contribution in [-0.4, -0.2) is 85.1 Å². The number of fused-ring (bicyclic) bond motifs is 1. The lowest BCUT2D eigenvalue weighted by molar-refractivity contribution is -0.118. The highest BCUT2D eigenvalue weighted by Gasteiger charge is 2.58. The number of benzene rings is 1. The van der Waals surface area contributed by atoms with Gasteiger partial charge >= 0.3 is 0 Å². The fourth-order valence-electron chi connectivity index (χ4n) is 6.94. The number of aliphatic hydroxyl groups is 1. The van der Waals surface area contributed by atoms with Crippen molar-refractivity contribution in [1.29, 1.82) is 0 Å². The zero-order valence-electron chi connectivity index (χ0n) is 21.7. The summed E-state index contributed by atoms with van der Waals surface area (Å²) in [6.07, 6.45) is 6.92. The number of ether oxygens (including phenoxy) is 2. The molecule has 5 fully saturated rings. The smallest absolute Gasteiger partial charge is 0.229 e. The lowest BCUT2D eigenvalue weighted by Crippen LogP contribution is -2.60. The molecule has 8 heteroatoms. The first-order valence-corrected chi connectivity index (χ1v) is 14.0. The monoisotopic (exact) mass is 506 g/mol. The maximum atomic E-state index is 13.0. The van der Waals surface area contributed by atoms with Gasteiger partial charge < -0.3 is 24.8 Å². The number of nitrogens with one attached hydrogen (secondary N) is 1. The molecular weight excluding hydrogens is 468 g/mol. The minimum Gasteiger partial charge on any atom is -0.389 e. The molecule has 1 spiro atoms. The van der Waals surface area contributed by atoms with E-state index in [-0.39, 0.29) is 22.8 Å². The Balaban J connectivity index is 1.10. The molecule has 0 unspecified atom stereocenters. The molecule has 8 nitrogen and oxygen atoms in total. The Morgan fingerprint density at radius 3 is 2.57 bits per heavy atom. The van der Waals surface area contributed by atoms with Crippen molar-refractivity contribution in [3.8, 4) is 0 Å². The lowest BCUT2D eigenvalue weighted by Gasteiger charge is -2.45. The number of nitrogens with zero attached hydrogens (tertiary/aromatic N) is 3. The standard InChI is InChI=1S/C29H38N4O4/c1-28(18-37-17-25(28)34)33-8-6-32(7-9-33)24-13-20-14-26(30-16-21(20)12-22(24)19-2-3-19)31-27(35)23-15-29(23)4-10-36-11-5-29/h12-14,16,19,23,25,34H,2-11,15,17-18H2,1H3,(H,30,31,35)/t23-,25-,28+/m1/s1. The van der Waals surface area contributed by atoms with E-state index in [1.54, 1.807) is 0 Å². The summed E-state index contributed by atoms with van der Waals surface area (Å²) in [5.41, 5.74) is 2.60. The van der Waals surface area contributed by atoms with Crippen molar-refractivity contribution in [3.63, 3.8) is 0 Å². The van der Waals surface area contributed by atoms with Crippen molar-refractivity contribution in [2.75, 3.05) is 62.8 Å². The van der Waals surface area contributed by atoms with Gasteiger partial charge in [-0.1, -0.05) is 0 Å². The van der Waals surface area contributed by atoms with E-state index in [0.717, 1.165) is 69.4 Å². The van der Waals surface area contributed by atoms with Crippen LogP contribution in [0.3, 0.4) is 0 Å². The normalized spacial score (nSPS) is 31.7. The summed E-state index contributed by atoms with van der Waals surface area (Å²) >= 11 is 0. The van der Waals surface area contributed by atoms with Crippen LogP contribution in [0.2, 0.25) is 0 Å². The van der Waals surface area contributed by atoms with Crippen LogP contribution in [0, 0.1) is 11.3 Å². The lowest BCUT2D eigenvalue weighted by atomic mass is 9.93. The number of rotatable bonds is 5. The van der Waals surface area contributed by atoms with Gasteiger partial charge in [-0.15, -0.1) is 0 Å². The third-order valence-electron chi connectivity index (χ3n) is 9.86. The molecule has 3 saturated heterocycles. The van der Waals surface area contributed by atoms with Crippen LogP contribution in [0.25, 0.3) is 10.8 Å². The van der Waals surface area contributed by atoms with Crippen LogP contribution in [0.1, 0.15) is 50.5 Å². The van der Waals surface area contributed by atoms with Crippen molar-refractivity contribution in [2.24, 2.45) is 11.3 Å². The van der Waals surface area contributed by atoms with Crippen LogP contribution < -0.4 is 10.2 Å². The molecular formula is C29H38N4O4. The average molecular weight is 507 g/mol. The number of piperazine rings is 1. The third-order valence-corrected chi connectivity index (χ3v) is 9.86. The molecule has 0 bridgehead atoms. The number of amides is 1. The molecule has 37 heavy (non-hydrogen) atoms. The second-order valence-electron chi connectivity index (χ2n) is 12.2. The molecule has 2 N–H and O–H groups in total. The van der Waals surface area contributed by atoms with E-state index >= 15 is 0 Å². The van der Waals surface area contributed by atoms with Crippen LogP contribution in [0.15, 0.2) is 24.4 Å². The maximum absolute atomic E-state index is 13.0. The number of carbonyl (C=O) groups excluding carboxylic acids is 1. The highest BCUT2D eigenvalue weighted by molar-refractivity contribution is 5.97. The number of pyridine rings is 1. The molecule has 1 aromatic heterocycles. The van der Waals surface area contributed by atoms with Gasteiger partial charge in [-0.25, -0.2) is 4.98 Å². The molecule has 3 aliphatic heterocycles. The molecule has 1 aromatic carbocycles. The molecule has 2 saturated carbocycles. The van der Waals surface area contributed by atoms with Crippen molar-refractivity contribution in [3.05, 3.63) is 30.0 Å². The zero-order valence-corrected chi connectivity index (χ0v) is 21.7. The molecule has 1 amide bonds. The van der Waals surface area contributed by atoms with Gasteiger partial charge in [-0.3, -0.25) is 9.69 Å². The topological polar surface area (TPSA) is 87.2 Å². The Morgan fingerprint density at radius 1 is 1.08 bits per heavy atom. The van der Waals surface area contributed by atoms with Gasteiger partial charge in [0, 0.05) is 62.6 Å². The fraction of sp³-hybridized carbons (Fsp3) is 0.655. The largest absolute Gasteiger partial charge is 0.389 e. The number of hydrogen-bond acceptors (Lipinski definition) is 7. The fourth-order valence-corrected chi connectivity index (χ4v) is 6.94. The van der Waals surface area contributed by atoms with Crippen LogP contribution >= 0.6 is 0 Å². The Morgan fingerprint density at radius 2 is 1.86 bits per heavy atom. The zero-order chi connectivity index (χ0) is 25.2. The summed E-state index contributed by atoms with van der Waals surface area (Å²) < 4.78 is 11.1. The summed E-state index contributed by atoms with van der Waals surface area (Å²) in [6.45, 7) is 8.35. The van der Waals surface area contributed by atoms with Crippen LogP contribution in [-0.2, 0) is 14.3 Å². The summed E-state index contributed by atoms with van der Waals surface area (Å²) in [5, 5.41) is 15.9. The first-order chi connectivity index (χ1) is 18.0. The maximum Gasteiger partial charge on any atom is 0.229 e. The summed E-state index contributed by atoms with van der Waals surface area (Å²) in [5.74, 6) is 1.46. The van der Waals surface area contributed by atoms with Crippen molar-refractivity contribution < 1.29 is 19.4 Å². The Kier molecular flexibility index (Phi) is 5.73. The van der Waals surface area contributed by atoms with Gasteiger partial charge in [-0.2, -0.15) is 0 Å².